The van der Waals surface area contributed by atoms with Crippen molar-refractivity contribution in [2.24, 2.45) is 0 Å². The number of halogens is 2. The van der Waals surface area contributed by atoms with E-state index in [0.717, 1.165) is 43.4 Å². The van der Waals surface area contributed by atoms with Gasteiger partial charge in [-0.3, -0.25) is 4.90 Å². The molecule has 0 radical (unpaired) electrons. The van der Waals surface area contributed by atoms with Gasteiger partial charge in [0.1, 0.15) is 0 Å². The van der Waals surface area contributed by atoms with Crippen LogP contribution in [-0.4, -0.2) is 87.9 Å². The summed E-state index contributed by atoms with van der Waals surface area (Å²) in [4.78, 5) is 22.0. The largest absolute Gasteiger partial charge is 0.479 e. The fourth-order valence-electron chi connectivity index (χ4n) is 3.11. The van der Waals surface area contributed by atoms with E-state index in [1.807, 2.05) is 18.2 Å². The van der Waals surface area contributed by atoms with Gasteiger partial charge in [0.25, 0.3) is 0 Å². The highest BCUT2D eigenvalue weighted by Gasteiger charge is 2.29. The molecule has 0 bridgehead atoms. The molecule has 0 amide bonds. The van der Waals surface area contributed by atoms with Crippen LogP contribution in [0.2, 0.25) is 10.0 Å². The second-order valence-electron chi connectivity index (χ2n) is 7.67. The molecule has 1 fully saturated rings. The zero-order chi connectivity index (χ0) is 24.3. The third-order valence-electron chi connectivity index (χ3n) is 4.85. The van der Waals surface area contributed by atoms with E-state index in [2.05, 4.69) is 24.1 Å². The zero-order valence-electron chi connectivity index (χ0n) is 18.2. The molecule has 182 valence electrons. The second kappa shape index (κ2) is 14.6. The first-order valence-corrected chi connectivity index (χ1v) is 11.1. The fourth-order valence-corrected chi connectivity index (χ4v) is 3.58. The molecule has 0 aliphatic carbocycles. The summed E-state index contributed by atoms with van der Waals surface area (Å²) >= 11 is 12.3. The lowest BCUT2D eigenvalue weighted by atomic mass is 10.0. The Bertz CT molecular complexity index is 712. The van der Waals surface area contributed by atoms with E-state index in [0.29, 0.717) is 11.1 Å². The van der Waals surface area contributed by atoms with Crippen molar-refractivity contribution in [3.05, 3.63) is 33.8 Å². The molecule has 32 heavy (non-hydrogen) atoms. The monoisotopic (exact) mass is 494 g/mol. The Morgan fingerprint density at radius 2 is 1.69 bits per heavy atom. The highest BCUT2D eigenvalue weighted by molar-refractivity contribution is 6.35. The Morgan fingerprint density at radius 1 is 1.12 bits per heavy atom. The van der Waals surface area contributed by atoms with E-state index < -0.39 is 24.1 Å². The highest BCUT2D eigenvalue weighted by Crippen LogP contribution is 2.24. The number of piperidine rings is 1. The summed E-state index contributed by atoms with van der Waals surface area (Å²) in [7, 11) is 0. The molecule has 1 aliphatic rings. The molecule has 2 rings (SSSR count). The van der Waals surface area contributed by atoms with Crippen LogP contribution in [0.25, 0.3) is 0 Å². The maximum Gasteiger partial charge on any atom is 0.335 e. The van der Waals surface area contributed by atoms with Gasteiger partial charge in [0.05, 0.1) is 12.7 Å². The SMILES string of the molecule is CC(C)OCCN(Cc1ccc(Cl)cc1Cl)C1CCNCC1.O=C(O)[C@H](O)[C@@H](O)C(=O)O. The van der Waals surface area contributed by atoms with Crippen LogP contribution in [0.15, 0.2) is 18.2 Å². The molecule has 5 N–H and O–H groups in total. The summed E-state index contributed by atoms with van der Waals surface area (Å²) in [5.74, 6) is -3.54. The molecule has 1 aliphatic heterocycles. The van der Waals surface area contributed by atoms with E-state index in [1.165, 1.54) is 12.8 Å². The minimum Gasteiger partial charge on any atom is -0.479 e. The van der Waals surface area contributed by atoms with Crippen LogP contribution in [0.5, 0.6) is 0 Å². The van der Waals surface area contributed by atoms with Crippen molar-refractivity contribution in [3.63, 3.8) is 0 Å². The number of ether oxygens (including phenoxy) is 1. The van der Waals surface area contributed by atoms with Crippen LogP contribution in [-0.2, 0) is 20.9 Å². The number of benzene rings is 1. The van der Waals surface area contributed by atoms with E-state index in [1.54, 1.807) is 0 Å². The summed E-state index contributed by atoms with van der Waals surface area (Å²) < 4.78 is 5.74. The van der Waals surface area contributed by atoms with Crippen LogP contribution in [0.3, 0.4) is 0 Å². The van der Waals surface area contributed by atoms with Gasteiger partial charge in [-0.05, 0) is 57.5 Å². The van der Waals surface area contributed by atoms with E-state index >= 15 is 0 Å². The summed E-state index contributed by atoms with van der Waals surface area (Å²) in [6.07, 6.45) is -1.91. The average Bonchev–Trinajstić information content (AvgIpc) is 2.74. The molecule has 11 heteroatoms. The Kier molecular flexibility index (Phi) is 13.1. The number of nitrogens with one attached hydrogen (secondary N) is 1. The van der Waals surface area contributed by atoms with Crippen molar-refractivity contribution in [1.29, 1.82) is 0 Å². The predicted octanol–water partition coefficient (Wildman–Crippen LogP) is 1.85. The zero-order valence-corrected chi connectivity index (χ0v) is 19.7. The first kappa shape index (κ1) is 28.6. The molecular weight excluding hydrogens is 463 g/mol. The van der Waals surface area contributed by atoms with E-state index in [4.69, 9.17) is 48.4 Å². The molecule has 2 atom stereocenters. The maximum atomic E-state index is 9.77. The van der Waals surface area contributed by atoms with Gasteiger partial charge in [0, 0.05) is 29.2 Å². The normalized spacial score (nSPS) is 16.4. The van der Waals surface area contributed by atoms with Gasteiger partial charge in [-0.1, -0.05) is 29.3 Å². The number of carboxylic acids is 2. The van der Waals surface area contributed by atoms with Crippen LogP contribution in [0, 0.1) is 0 Å². The maximum absolute atomic E-state index is 9.77. The Balaban J connectivity index is 0.000000433. The van der Waals surface area contributed by atoms with Gasteiger partial charge in [0.15, 0.2) is 12.2 Å². The minimum absolute atomic E-state index is 0.272. The molecule has 9 nitrogen and oxygen atoms in total. The number of aliphatic hydroxyl groups excluding tert-OH is 2. The molecular formula is C21H32Cl2N2O7. The van der Waals surface area contributed by atoms with Crippen molar-refractivity contribution in [2.75, 3.05) is 26.2 Å². The average molecular weight is 495 g/mol. The number of carbonyl (C=O) groups is 2. The quantitative estimate of drug-likeness (QED) is 0.329. The van der Waals surface area contributed by atoms with Gasteiger partial charge >= 0.3 is 11.9 Å². The summed E-state index contributed by atoms with van der Waals surface area (Å²) in [5, 5.41) is 37.4. The number of aliphatic carboxylic acids is 2. The molecule has 0 aromatic heterocycles. The second-order valence-corrected chi connectivity index (χ2v) is 8.52. The Hall–Kier alpha value is -1.46. The lowest BCUT2D eigenvalue weighted by molar-refractivity contribution is -0.165. The third kappa shape index (κ3) is 10.4. The van der Waals surface area contributed by atoms with Crippen molar-refractivity contribution in [3.8, 4) is 0 Å². The molecule has 0 unspecified atom stereocenters. The first-order chi connectivity index (χ1) is 15.0. The van der Waals surface area contributed by atoms with E-state index in [-0.39, 0.29) is 6.10 Å². The minimum atomic E-state index is -2.27. The van der Waals surface area contributed by atoms with Gasteiger partial charge in [-0.2, -0.15) is 0 Å². The van der Waals surface area contributed by atoms with Crippen LogP contribution in [0.1, 0.15) is 32.3 Å². The van der Waals surface area contributed by atoms with E-state index in [9.17, 15) is 9.59 Å². The molecule has 1 heterocycles. The summed E-state index contributed by atoms with van der Waals surface area (Å²) in [6.45, 7) is 8.85. The van der Waals surface area contributed by atoms with Gasteiger partial charge in [0.2, 0.25) is 0 Å². The van der Waals surface area contributed by atoms with Gasteiger partial charge in [-0.25, -0.2) is 9.59 Å². The molecule has 1 saturated heterocycles. The topological polar surface area (TPSA) is 140 Å². The predicted molar refractivity (Wildman–Crippen MR) is 121 cm³/mol. The number of hydrogen-bond acceptors (Lipinski definition) is 7. The van der Waals surface area contributed by atoms with Crippen molar-refractivity contribution in [1.82, 2.24) is 10.2 Å². The van der Waals surface area contributed by atoms with Gasteiger partial charge < -0.3 is 30.5 Å². The summed E-state index contributed by atoms with van der Waals surface area (Å²) in [5.41, 5.74) is 1.13. The standard InChI is InChI=1S/C17H26Cl2N2O.C4H6O6/c1-13(2)22-10-9-21(16-5-7-20-8-6-16)12-14-3-4-15(18)11-17(14)19;5-1(3(7)8)2(6)4(9)10/h3-4,11,13,16,20H,5-10,12H2,1-2H3;1-2,5-6H,(H,7,8)(H,9,10)/t;1-,2-/m.1/s1. The highest BCUT2D eigenvalue weighted by atomic mass is 35.5. The van der Waals surface area contributed by atoms with Gasteiger partial charge in [-0.15, -0.1) is 0 Å². The Morgan fingerprint density at radius 3 is 2.16 bits per heavy atom. The lowest BCUT2D eigenvalue weighted by Gasteiger charge is -2.35. The summed E-state index contributed by atoms with van der Waals surface area (Å²) in [6, 6.07) is 6.35. The third-order valence-corrected chi connectivity index (χ3v) is 5.44. The number of aliphatic hydroxyl groups is 2. The first-order valence-electron chi connectivity index (χ1n) is 10.3. The van der Waals surface area contributed by atoms with Crippen molar-refractivity contribution < 1.29 is 34.8 Å². The lowest BCUT2D eigenvalue weighted by Crippen LogP contribution is -2.44. The number of nitrogens with zero attached hydrogens (tertiary/aromatic N) is 1. The van der Waals surface area contributed by atoms with Crippen LogP contribution < -0.4 is 5.32 Å². The molecule has 1 aromatic rings. The number of hydrogen-bond donors (Lipinski definition) is 5. The number of rotatable bonds is 10. The Labute approximate surface area is 197 Å². The van der Waals surface area contributed by atoms with Crippen molar-refractivity contribution in [2.45, 2.75) is 57.6 Å². The van der Waals surface area contributed by atoms with Crippen LogP contribution in [0.4, 0.5) is 0 Å². The molecule has 1 aromatic carbocycles. The number of carboxylic acid groups (broad SMARTS) is 2. The molecule has 0 spiro atoms. The smallest absolute Gasteiger partial charge is 0.335 e. The fraction of sp³-hybridized carbons (Fsp3) is 0.619. The van der Waals surface area contributed by atoms with Crippen LogP contribution >= 0.6 is 23.2 Å². The van der Waals surface area contributed by atoms with Crippen molar-refractivity contribution >= 4 is 35.1 Å². The molecule has 0 saturated carbocycles.